The number of rotatable bonds is 8. The van der Waals surface area contributed by atoms with Crippen LogP contribution in [0, 0.1) is 0 Å². The molecule has 0 heterocycles. The Bertz CT molecular complexity index is 632. The molecular weight excluding hydrogens is 324 g/mol. The third-order valence-electron chi connectivity index (χ3n) is 3.73. The molecule has 0 fully saturated rings. The monoisotopic (exact) mass is 346 g/mol. The Morgan fingerprint density at radius 1 is 1.08 bits per heavy atom. The third-order valence-corrected chi connectivity index (χ3v) is 3.98. The van der Waals surface area contributed by atoms with Crippen LogP contribution in [0.4, 0.5) is 0 Å². The first-order valence-corrected chi connectivity index (χ1v) is 8.40. The lowest BCUT2D eigenvalue weighted by Gasteiger charge is -2.18. The van der Waals surface area contributed by atoms with Crippen LogP contribution >= 0.6 is 11.6 Å². The van der Waals surface area contributed by atoms with Crippen LogP contribution in [0.5, 0.6) is 0 Å². The van der Waals surface area contributed by atoms with Gasteiger partial charge in [0.25, 0.3) is 0 Å². The molecule has 128 valence electrons. The van der Waals surface area contributed by atoms with Gasteiger partial charge in [-0.3, -0.25) is 4.79 Å². The van der Waals surface area contributed by atoms with Crippen LogP contribution in [0.15, 0.2) is 54.6 Å². The summed E-state index contributed by atoms with van der Waals surface area (Å²) in [5, 5.41) is 16.9. The van der Waals surface area contributed by atoms with Crippen molar-refractivity contribution in [3.8, 4) is 0 Å². The fourth-order valence-corrected chi connectivity index (χ4v) is 2.42. The van der Waals surface area contributed by atoms with E-state index in [1.807, 2.05) is 49.4 Å². The molecule has 1 amide bonds. The Morgan fingerprint density at radius 3 is 2.42 bits per heavy atom. The normalized spacial score (nSPS) is 13.3. The summed E-state index contributed by atoms with van der Waals surface area (Å²) in [6.45, 7) is 2.92. The van der Waals surface area contributed by atoms with Crippen molar-refractivity contribution < 1.29 is 9.90 Å². The number of aliphatic hydroxyl groups excluding tert-OH is 1. The molecular formula is C19H23ClN2O2. The molecule has 24 heavy (non-hydrogen) atoms. The summed E-state index contributed by atoms with van der Waals surface area (Å²) in [5.74, 6) is -0.0328. The van der Waals surface area contributed by atoms with Crippen molar-refractivity contribution in [2.24, 2.45) is 0 Å². The summed E-state index contributed by atoms with van der Waals surface area (Å²) >= 11 is 5.83. The zero-order valence-corrected chi connectivity index (χ0v) is 14.5. The van der Waals surface area contributed by atoms with E-state index in [-0.39, 0.29) is 11.9 Å². The van der Waals surface area contributed by atoms with E-state index in [0.29, 0.717) is 24.5 Å². The lowest BCUT2D eigenvalue weighted by Crippen LogP contribution is -2.41. The SMILES string of the molecule is CC(CNC(=O)Cc1ccc(Cl)cc1)NCC(O)c1ccccc1. The molecule has 0 radical (unpaired) electrons. The topological polar surface area (TPSA) is 61.4 Å². The number of carbonyl (C=O) groups excluding carboxylic acids is 1. The second kappa shape index (κ2) is 9.42. The van der Waals surface area contributed by atoms with Gasteiger partial charge in [-0.25, -0.2) is 0 Å². The van der Waals surface area contributed by atoms with Crippen molar-refractivity contribution in [3.05, 3.63) is 70.7 Å². The van der Waals surface area contributed by atoms with Gasteiger partial charge < -0.3 is 15.7 Å². The lowest BCUT2D eigenvalue weighted by atomic mass is 10.1. The summed E-state index contributed by atoms with van der Waals surface area (Å²) in [4.78, 5) is 11.9. The van der Waals surface area contributed by atoms with Gasteiger partial charge in [-0.05, 0) is 30.2 Å². The molecule has 0 aliphatic rings. The van der Waals surface area contributed by atoms with Gasteiger partial charge in [0, 0.05) is 24.2 Å². The number of hydrogen-bond acceptors (Lipinski definition) is 3. The zero-order valence-electron chi connectivity index (χ0n) is 13.7. The Kier molecular flexibility index (Phi) is 7.25. The van der Waals surface area contributed by atoms with Crippen molar-refractivity contribution in [3.63, 3.8) is 0 Å². The summed E-state index contributed by atoms with van der Waals surface area (Å²) in [6, 6.07) is 16.8. The van der Waals surface area contributed by atoms with E-state index in [2.05, 4.69) is 10.6 Å². The van der Waals surface area contributed by atoms with Crippen molar-refractivity contribution >= 4 is 17.5 Å². The average Bonchev–Trinajstić information content (AvgIpc) is 2.60. The summed E-state index contributed by atoms with van der Waals surface area (Å²) in [6.07, 6.45) is -0.227. The van der Waals surface area contributed by atoms with Crippen LogP contribution in [-0.2, 0) is 11.2 Å². The number of aliphatic hydroxyl groups is 1. The lowest BCUT2D eigenvalue weighted by molar-refractivity contribution is -0.120. The van der Waals surface area contributed by atoms with E-state index in [9.17, 15) is 9.90 Å². The maximum Gasteiger partial charge on any atom is 0.224 e. The smallest absolute Gasteiger partial charge is 0.224 e. The van der Waals surface area contributed by atoms with Gasteiger partial charge in [-0.15, -0.1) is 0 Å². The Labute approximate surface area is 147 Å². The van der Waals surface area contributed by atoms with Crippen molar-refractivity contribution in [1.82, 2.24) is 10.6 Å². The molecule has 0 saturated heterocycles. The molecule has 0 aliphatic heterocycles. The van der Waals surface area contributed by atoms with Crippen molar-refractivity contribution in [1.29, 1.82) is 0 Å². The Morgan fingerprint density at radius 2 is 1.75 bits per heavy atom. The molecule has 2 atom stereocenters. The zero-order chi connectivity index (χ0) is 17.4. The van der Waals surface area contributed by atoms with Crippen LogP contribution in [0.1, 0.15) is 24.2 Å². The van der Waals surface area contributed by atoms with E-state index in [0.717, 1.165) is 11.1 Å². The highest BCUT2D eigenvalue weighted by Gasteiger charge is 2.10. The minimum atomic E-state index is -0.557. The number of amides is 1. The highest BCUT2D eigenvalue weighted by molar-refractivity contribution is 6.30. The minimum absolute atomic E-state index is 0.0328. The molecule has 2 unspecified atom stereocenters. The maximum absolute atomic E-state index is 11.9. The van der Waals surface area contributed by atoms with Crippen LogP contribution < -0.4 is 10.6 Å². The second-order valence-corrected chi connectivity index (χ2v) is 6.28. The van der Waals surface area contributed by atoms with Crippen LogP contribution in [0.2, 0.25) is 5.02 Å². The second-order valence-electron chi connectivity index (χ2n) is 5.84. The molecule has 2 rings (SSSR count). The Balaban J connectivity index is 1.68. The molecule has 4 nitrogen and oxygen atoms in total. The molecule has 5 heteroatoms. The third kappa shape index (κ3) is 6.32. The molecule has 3 N–H and O–H groups in total. The number of benzene rings is 2. The largest absolute Gasteiger partial charge is 0.387 e. The maximum atomic E-state index is 11.9. The first-order chi connectivity index (χ1) is 11.5. The number of hydrogen-bond donors (Lipinski definition) is 3. The number of nitrogens with one attached hydrogen (secondary N) is 2. The van der Waals surface area contributed by atoms with Crippen LogP contribution in [0.3, 0.4) is 0 Å². The van der Waals surface area contributed by atoms with Gasteiger partial charge in [0.2, 0.25) is 5.91 Å². The first-order valence-electron chi connectivity index (χ1n) is 8.02. The van der Waals surface area contributed by atoms with Gasteiger partial charge in [0.15, 0.2) is 0 Å². The van der Waals surface area contributed by atoms with E-state index >= 15 is 0 Å². The van der Waals surface area contributed by atoms with Crippen LogP contribution in [-0.4, -0.2) is 30.1 Å². The average molecular weight is 347 g/mol. The molecule has 0 spiro atoms. The van der Waals surface area contributed by atoms with E-state index in [1.54, 1.807) is 12.1 Å². The van der Waals surface area contributed by atoms with Crippen LogP contribution in [0.25, 0.3) is 0 Å². The number of halogens is 1. The van der Waals surface area contributed by atoms with E-state index in [4.69, 9.17) is 11.6 Å². The molecule has 2 aromatic rings. The molecule has 0 aromatic heterocycles. The first kappa shape index (κ1) is 18.5. The van der Waals surface area contributed by atoms with Crippen molar-refractivity contribution in [2.45, 2.75) is 25.5 Å². The van der Waals surface area contributed by atoms with Gasteiger partial charge in [0.05, 0.1) is 12.5 Å². The predicted octanol–water partition coefficient (Wildman–Crippen LogP) is 2.71. The summed E-state index contributed by atoms with van der Waals surface area (Å²) in [5.41, 5.74) is 1.81. The molecule has 0 aliphatic carbocycles. The van der Waals surface area contributed by atoms with E-state index in [1.165, 1.54) is 0 Å². The van der Waals surface area contributed by atoms with Gasteiger partial charge >= 0.3 is 0 Å². The predicted molar refractivity (Wildman–Crippen MR) is 97.0 cm³/mol. The Hall–Kier alpha value is -1.88. The fourth-order valence-electron chi connectivity index (χ4n) is 2.30. The summed E-state index contributed by atoms with van der Waals surface area (Å²) < 4.78 is 0. The molecule has 2 aromatic carbocycles. The molecule has 0 saturated carbocycles. The van der Waals surface area contributed by atoms with Gasteiger partial charge in [-0.2, -0.15) is 0 Å². The quantitative estimate of drug-likeness (QED) is 0.688. The minimum Gasteiger partial charge on any atom is -0.387 e. The van der Waals surface area contributed by atoms with Gasteiger partial charge in [0.1, 0.15) is 0 Å². The highest BCUT2D eigenvalue weighted by Crippen LogP contribution is 2.11. The molecule has 0 bridgehead atoms. The summed E-state index contributed by atoms with van der Waals surface area (Å²) in [7, 11) is 0. The number of carbonyl (C=O) groups is 1. The van der Waals surface area contributed by atoms with Gasteiger partial charge in [-0.1, -0.05) is 54.1 Å². The fraction of sp³-hybridized carbons (Fsp3) is 0.316. The highest BCUT2D eigenvalue weighted by atomic mass is 35.5. The van der Waals surface area contributed by atoms with E-state index < -0.39 is 6.10 Å². The standard InChI is InChI=1S/C19H23ClN2O2/c1-14(21-13-18(23)16-5-3-2-4-6-16)12-22-19(24)11-15-7-9-17(20)10-8-15/h2-10,14,18,21,23H,11-13H2,1H3,(H,22,24). The van der Waals surface area contributed by atoms with Crippen molar-refractivity contribution in [2.75, 3.05) is 13.1 Å².